The van der Waals surface area contributed by atoms with E-state index in [-0.39, 0.29) is 6.04 Å². The molecular formula is C16H28N2O2S. The summed E-state index contributed by atoms with van der Waals surface area (Å²) in [6, 6.07) is 5.29. The van der Waals surface area contributed by atoms with Gasteiger partial charge < -0.3 is 5.73 Å². The third-order valence-corrected chi connectivity index (χ3v) is 5.44. The second kappa shape index (κ2) is 8.51. The van der Waals surface area contributed by atoms with Crippen LogP contribution in [0.2, 0.25) is 0 Å². The van der Waals surface area contributed by atoms with Crippen LogP contribution in [0.25, 0.3) is 0 Å². The normalized spacial score (nSPS) is 13.3. The van der Waals surface area contributed by atoms with Crippen LogP contribution >= 0.6 is 0 Å². The Labute approximate surface area is 129 Å². The minimum atomic E-state index is -3.48. The van der Waals surface area contributed by atoms with Crippen molar-refractivity contribution in [1.29, 1.82) is 0 Å². The molecule has 0 fully saturated rings. The van der Waals surface area contributed by atoms with Crippen LogP contribution in [0.4, 0.5) is 0 Å². The lowest BCUT2D eigenvalue weighted by Crippen LogP contribution is -2.35. The van der Waals surface area contributed by atoms with E-state index in [4.69, 9.17) is 5.73 Å². The van der Waals surface area contributed by atoms with Gasteiger partial charge in [-0.3, -0.25) is 0 Å². The van der Waals surface area contributed by atoms with Crippen molar-refractivity contribution in [3.8, 4) is 0 Å². The van der Waals surface area contributed by atoms with Gasteiger partial charge in [-0.2, -0.15) is 0 Å². The second-order valence-electron chi connectivity index (χ2n) is 5.49. The third-order valence-electron chi connectivity index (χ3n) is 3.77. The summed E-state index contributed by atoms with van der Waals surface area (Å²) in [4.78, 5) is 0.350. The van der Waals surface area contributed by atoms with Gasteiger partial charge in [0.1, 0.15) is 0 Å². The van der Waals surface area contributed by atoms with E-state index >= 15 is 0 Å². The molecule has 0 aliphatic heterocycles. The summed E-state index contributed by atoms with van der Waals surface area (Å²) in [5.74, 6) is 0. The molecule has 1 aromatic rings. The first-order chi connectivity index (χ1) is 9.96. The van der Waals surface area contributed by atoms with Gasteiger partial charge in [0.15, 0.2) is 0 Å². The Hall–Kier alpha value is -0.910. The third kappa shape index (κ3) is 5.09. The Morgan fingerprint density at radius 3 is 2.48 bits per heavy atom. The minimum absolute atomic E-state index is 0.0147. The van der Waals surface area contributed by atoms with Gasteiger partial charge in [-0.05, 0) is 37.0 Å². The SMILES string of the molecule is CCCCC(CCC)NS(=O)(=O)c1cccc(CN)c1C. The van der Waals surface area contributed by atoms with Crippen LogP contribution < -0.4 is 10.5 Å². The van der Waals surface area contributed by atoms with Crippen LogP contribution in [0.5, 0.6) is 0 Å². The summed E-state index contributed by atoms with van der Waals surface area (Å²) in [5, 5.41) is 0. The van der Waals surface area contributed by atoms with Crippen LogP contribution in [0.3, 0.4) is 0 Å². The molecule has 0 saturated heterocycles. The van der Waals surface area contributed by atoms with E-state index in [1.807, 2.05) is 13.0 Å². The van der Waals surface area contributed by atoms with Gasteiger partial charge in [0.2, 0.25) is 10.0 Å². The first-order valence-electron chi connectivity index (χ1n) is 7.77. The number of sulfonamides is 1. The van der Waals surface area contributed by atoms with Crippen LogP contribution in [0, 0.1) is 6.92 Å². The molecule has 0 amide bonds. The Balaban J connectivity index is 2.99. The smallest absolute Gasteiger partial charge is 0.241 e. The van der Waals surface area contributed by atoms with Crippen molar-refractivity contribution in [3.63, 3.8) is 0 Å². The van der Waals surface area contributed by atoms with E-state index in [0.717, 1.165) is 43.2 Å². The van der Waals surface area contributed by atoms with Gasteiger partial charge in [-0.15, -0.1) is 0 Å². The topological polar surface area (TPSA) is 72.2 Å². The van der Waals surface area contributed by atoms with Gasteiger partial charge in [0, 0.05) is 12.6 Å². The molecule has 3 N–H and O–H groups in total. The van der Waals surface area contributed by atoms with Gasteiger partial charge >= 0.3 is 0 Å². The maximum atomic E-state index is 12.6. The number of rotatable bonds is 9. The van der Waals surface area contributed by atoms with Crippen molar-refractivity contribution in [2.75, 3.05) is 0 Å². The Morgan fingerprint density at radius 1 is 1.19 bits per heavy atom. The lowest BCUT2D eigenvalue weighted by atomic mass is 10.1. The Morgan fingerprint density at radius 2 is 1.90 bits per heavy atom. The molecule has 0 saturated carbocycles. The van der Waals surface area contributed by atoms with Crippen LogP contribution in [0.1, 0.15) is 57.1 Å². The number of hydrogen-bond acceptors (Lipinski definition) is 3. The van der Waals surface area contributed by atoms with E-state index in [9.17, 15) is 8.42 Å². The average Bonchev–Trinajstić information content (AvgIpc) is 2.44. The summed E-state index contributed by atoms with van der Waals surface area (Å²) >= 11 is 0. The number of nitrogens with one attached hydrogen (secondary N) is 1. The van der Waals surface area contributed by atoms with Crippen molar-refractivity contribution in [2.45, 2.75) is 70.4 Å². The summed E-state index contributed by atoms with van der Waals surface area (Å²) in [6.45, 7) is 6.36. The van der Waals surface area contributed by atoms with E-state index in [1.54, 1.807) is 12.1 Å². The Kier molecular flexibility index (Phi) is 7.35. The van der Waals surface area contributed by atoms with E-state index in [1.165, 1.54) is 0 Å². The standard InChI is InChI=1S/C16H28N2O2S/c1-4-6-10-15(8-5-2)18-21(19,20)16-11-7-9-14(12-17)13(16)3/h7,9,11,15,18H,4-6,8,10,12,17H2,1-3H3. The maximum Gasteiger partial charge on any atom is 0.241 e. The molecule has 0 bridgehead atoms. The fourth-order valence-corrected chi connectivity index (χ4v) is 4.11. The molecule has 1 rings (SSSR count). The average molecular weight is 312 g/mol. The molecule has 1 unspecified atom stereocenters. The zero-order valence-electron chi connectivity index (χ0n) is 13.4. The molecule has 0 aliphatic carbocycles. The first-order valence-corrected chi connectivity index (χ1v) is 9.25. The van der Waals surface area contributed by atoms with Gasteiger partial charge in [0.05, 0.1) is 4.90 Å². The van der Waals surface area contributed by atoms with E-state index in [2.05, 4.69) is 18.6 Å². The van der Waals surface area contributed by atoms with Gasteiger partial charge in [-0.25, -0.2) is 13.1 Å². The van der Waals surface area contributed by atoms with Crippen molar-refractivity contribution in [2.24, 2.45) is 5.73 Å². The van der Waals surface area contributed by atoms with Gasteiger partial charge in [0.25, 0.3) is 0 Å². The highest BCUT2D eigenvalue weighted by Crippen LogP contribution is 2.20. The summed E-state index contributed by atoms with van der Waals surface area (Å²) in [5.41, 5.74) is 7.28. The predicted octanol–water partition coefficient (Wildman–Crippen LogP) is 3.09. The largest absolute Gasteiger partial charge is 0.326 e. The number of unbranched alkanes of at least 4 members (excludes halogenated alkanes) is 1. The lowest BCUT2D eigenvalue weighted by Gasteiger charge is -2.19. The van der Waals surface area contributed by atoms with Crippen LogP contribution in [-0.4, -0.2) is 14.5 Å². The van der Waals surface area contributed by atoms with Crippen LogP contribution in [0.15, 0.2) is 23.1 Å². The quantitative estimate of drug-likeness (QED) is 0.736. The van der Waals surface area contributed by atoms with Crippen molar-refractivity contribution in [1.82, 2.24) is 4.72 Å². The molecule has 4 nitrogen and oxygen atoms in total. The molecule has 0 spiro atoms. The van der Waals surface area contributed by atoms with Crippen molar-refractivity contribution < 1.29 is 8.42 Å². The van der Waals surface area contributed by atoms with Gasteiger partial charge in [-0.1, -0.05) is 45.2 Å². The molecule has 0 radical (unpaired) electrons. The fourth-order valence-electron chi connectivity index (χ4n) is 2.52. The Bertz CT molecular complexity index is 541. The molecule has 5 heteroatoms. The fraction of sp³-hybridized carbons (Fsp3) is 0.625. The number of nitrogens with two attached hydrogens (primary N) is 1. The number of benzene rings is 1. The molecule has 1 atom stereocenters. The molecule has 0 aromatic heterocycles. The number of hydrogen-bond donors (Lipinski definition) is 2. The molecule has 21 heavy (non-hydrogen) atoms. The second-order valence-corrected chi connectivity index (χ2v) is 7.18. The molecule has 120 valence electrons. The summed E-state index contributed by atoms with van der Waals surface area (Å²) in [7, 11) is -3.48. The first kappa shape index (κ1) is 18.1. The van der Waals surface area contributed by atoms with Crippen molar-refractivity contribution in [3.05, 3.63) is 29.3 Å². The zero-order chi connectivity index (χ0) is 15.9. The lowest BCUT2D eigenvalue weighted by molar-refractivity contribution is 0.483. The van der Waals surface area contributed by atoms with E-state index < -0.39 is 10.0 Å². The zero-order valence-corrected chi connectivity index (χ0v) is 14.2. The molecule has 0 aliphatic rings. The highest BCUT2D eigenvalue weighted by Gasteiger charge is 2.21. The maximum absolute atomic E-state index is 12.6. The monoisotopic (exact) mass is 312 g/mol. The molecular weight excluding hydrogens is 284 g/mol. The highest BCUT2D eigenvalue weighted by atomic mass is 32.2. The molecule has 0 heterocycles. The van der Waals surface area contributed by atoms with Crippen molar-refractivity contribution >= 4 is 10.0 Å². The minimum Gasteiger partial charge on any atom is -0.326 e. The highest BCUT2D eigenvalue weighted by molar-refractivity contribution is 7.89. The van der Waals surface area contributed by atoms with Crippen LogP contribution in [-0.2, 0) is 16.6 Å². The predicted molar refractivity (Wildman–Crippen MR) is 87.6 cm³/mol. The summed E-state index contributed by atoms with van der Waals surface area (Å²) in [6.07, 6.45) is 4.84. The molecule has 1 aromatic carbocycles. The summed E-state index contributed by atoms with van der Waals surface area (Å²) < 4.78 is 28.1. The van der Waals surface area contributed by atoms with E-state index in [0.29, 0.717) is 11.4 Å².